The highest BCUT2D eigenvalue weighted by Crippen LogP contribution is 2.40. The third kappa shape index (κ3) is 5.08. The number of benzene rings is 3. The zero-order valence-corrected chi connectivity index (χ0v) is 21.0. The lowest BCUT2D eigenvalue weighted by molar-refractivity contribution is 0.135. The van der Waals surface area contributed by atoms with Crippen molar-refractivity contribution in [1.29, 1.82) is 0 Å². The molecule has 0 aliphatic carbocycles. The molecule has 0 saturated carbocycles. The molecule has 3 aromatic carbocycles. The number of H-pyrrole nitrogens is 1. The van der Waals surface area contributed by atoms with Gasteiger partial charge in [-0.15, -0.1) is 11.6 Å². The van der Waals surface area contributed by atoms with E-state index in [1.807, 2.05) is 42.5 Å². The number of halogens is 3. The molecule has 0 spiro atoms. The average Bonchev–Trinajstić information content (AvgIpc) is 3.23. The molecule has 35 heavy (non-hydrogen) atoms. The Morgan fingerprint density at radius 2 is 1.69 bits per heavy atom. The van der Waals surface area contributed by atoms with E-state index in [4.69, 9.17) is 44.3 Å². The van der Waals surface area contributed by atoms with Gasteiger partial charge in [-0.05, 0) is 78.6 Å². The zero-order valence-electron chi connectivity index (χ0n) is 18.8. The summed E-state index contributed by atoms with van der Waals surface area (Å²) in [5, 5.41) is 2.33. The van der Waals surface area contributed by atoms with E-state index in [1.54, 1.807) is 29.2 Å². The van der Waals surface area contributed by atoms with E-state index in [0.717, 1.165) is 39.9 Å². The highest BCUT2D eigenvalue weighted by molar-refractivity contribution is 6.31. The van der Waals surface area contributed by atoms with Gasteiger partial charge in [0.2, 0.25) is 0 Å². The number of aromatic amines is 1. The summed E-state index contributed by atoms with van der Waals surface area (Å²) in [6.07, 6.45) is 1.03. The Bertz CT molecular complexity index is 1340. The summed E-state index contributed by atoms with van der Waals surface area (Å²) in [4.78, 5) is 18.6. The molecule has 5 nitrogen and oxygen atoms in total. The molecular weight excluding hydrogens is 507 g/mol. The smallest absolute Gasteiger partial charge is 0.416 e. The summed E-state index contributed by atoms with van der Waals surface area (Å²) in [6.45, 7) is 1.05. The number of nitrogens with zero attached hydrogens (tertiary/aromatic N) is 1. The van der Waals surface area contributed by atoms with Gasteiger partial charge in [0.15, 0.2) is 0 Å². The molecule has 2 heterocycles. The van der Waals surface area contributed by atoms with Crippen molar-refractivity contribution in [3.05, 3.63) is 93.6 Å². The molecule has 8 heteroatoms. The third-order valence-corrected chi connectivity index (χ3v) is 6.84. The van der Waals surface area contributed by atoms with Gasteiger partial charge in [-0.1, -0.05) is 35.3 Å². The summed E-state index contributed by atoms with van der Waals surface area (Å²) >= 11 is 18.0. The molecule has 1 aliphatic rings. The Morgan fingerprint density at radius 3 is 2.43 bits per heavy atom. The minimum atomic E-state index is -0.429. The van der Waals surface area contributed by atoms with Gasteiger partial charge in [0, 0.05) is 39.1 Å². The van der Waals surface area contributed by atoms with Crippen molar-refractivity contribution in [2.24, 2.45) is 0 Å². The van der Waals surface area contributed by atoms with Crippen LogP contribution in [-0.4, -0.2) is 35.0 Å². The van der Waals surface area contributed by atoms with Crippen molar-refractivity contribution < 1.29 is 14.3 Å². The number of nitrogens with one attached hydrogen (secondary N) is 1. The highest BCUT2D eigenvalue weighted by atomic mass is 35.5. The Hall–Kier alpha value is -2.86. The van der Waals surface area contributed by atoms with Crippen molar-refractivity contribution in [2.45, 2.75) is 18.9 Å². The molecule has 1 amide bonds. The van der Waals surface area contributed by atoms with Crippen LogP contribution in [0.15, 0.2) is 66.7 Å². The normalized spacial score (nSPS) is 15.2. The Kier molecular flexibility index (Phi) is 7.09. The lowest BCUT2D eigenvalue weighted by Crippen LogP contribution is -2.42. The molecule has 0 fully saturated rings. The predicted molar refractivity (Wildman–Crippen MR) is 140 cm³/mol. The summed E-state index contributed by atoms with van der Waals surface area (Å²) in [5.41, 5.74) is 4.04. The van der Waals surface area contributed by atoms with E-state index >= 15 is 0 Å². The molecule has 5 rings (SSSR count). The molecule has 4 aromatic rings. The molecule has 0 bridgehead atoms. The fraction of sp³-hybridized carbons (Fsp3) is 0.222. The largest absolute Gasteiger partial charge is 0.494 e. The van der Waals surface area contributed by atoms with Crippen molar-refractivity contribution in [1.82, 2.24) is 9.88 Å². The summed E-state index contributed by atoms with van der Waals surface area (Å²) in [7, 11) is 0. The number of carbonyl (C=O) groups is 1. The Morgan fingerprint density at radius 1 is 0.971 bits per heavy atom. The van der Waals surface area contributed by atoms with Crippen LogP contribution in [0.3, 0.4) is 0 Å². The van der Waals surface area contributed by atoms with E-state index < -0.39 is 6.09 Å². The van der Waals surface area contributed by atoms with Crippen LogP contribution >= 0.6 is 34.8 Å². The first-order valence-corrected chi connectivity index (χ1v) is 12.7. The molecule has 1 atom stereocenters. The highest BCUT2D eigenvalue weighted by Gasteiger charge is 2.35. The third-order valence-electron chi connectivity index (χ3n) is 6.08. The van der Waals surface area contributed by atoms with E-state index in [-0.39, 0.29) is 6.04 Å². The summed E-state index contributed by atoms with van der Waals surface area (Å²) in [6, 6.07) is 20.0. The number of aromatic nitrogens is 1. The maximum absolute atomic E-state index is 13.4. The number of amides is 1. The number of hydrogen-bond donors (Lipinski definition) is 1. The Balaban J connectivity index is 1.51. The fourth-order valence-corrected chi connectivity index (χ4v) is 4.86. The molecule has 1 aromatic heterocycles. The molecule has 0 unspecified atom stereocenters. The number of fused-ring (bicyclic) bond motifs is 3. The van der Waals surface area contributed by atoms with Gasteiger partial charge in [0.05, 0.1) is 6.61 Å². The minimum absolute atomic E-state index is 0.360. The van der Waals surface area contributed by atoms with E-state index in [1.165, 1.54) is 0 Å². The zero-order chi connectivity index (χ0) is 24.4. The second-order valence-electron chi connectivity index (χ2n) is 8.33. The number of ether oxygens (including phenoxy) is 2. The van der Waals surface area contributed by atoms with Crippen LogP contribution in [0.4, 0.5) is 4.79 Å². The lowest BCUT2D eigenvalue weighted by Gasteiger charge is -2.35. The van der Waals surface area contributed by atoms with E-state index in [0.29, 0.717) is 41.2 Å². The number of rotatable bonds is 6. The van der Waals surface area contributed by atoms with Crippen LogP contribution in [0.1, 0.15) is 29.3 Å². The average molecular weight is 530 g/mol. The van der Waals surface area contributed by atoms with Crippen molar-refractivity contribution in [3.8, 4) is 11.5 Å². The van der Waals surface area contributed by atoms with Crippen molar-refractivity contribution >= 4 is 51.8 Å². The van der Waals surface area contributed by atoms with Crippen LogP contribution in [-0.2, 0) is 6.42 Å². The second-order valence-corrected chi connectivity index (χ2v) is 9.59. The first-order chi connectivity index (χ1) is 17.0. The first-order valence-electron chi connectivity index (χ1n) is 11.4. The van der Waals surface area contributed by atoms with E-state index in [9.17, 15) is 4.79 Å². The SMILES string of the molecule is O=C(Oc1ccc(Cl)cc1)N1CCc2c([nH]c3ccc(Cl)cc23)[C@@H]1c1ccc(OCCCCl)cc1. The van der Waals surface area contributed by atoms with Gasteiger partial charge >= 0.3 is 6.09 Å². The van der Waals surface area contributed by atoms with Crippen LogP contribution in [0.25, 0.3) is 10.9 Å². The van der Waals surface area contributed by atoms with Crippen LogP contribution in [0.5, 0.6) is 11.5 Å². The predicted octanol–water partition coefficient (Wildman–Crippen LogP) is 7.63. The number of hydrogen-bond acceptors (Lipinski definition) is 3. The van der Waals surface area contributed by atoms with Crippen LogP contribution in [0.2, 0.25) is 10.0 Å². The van der Waals surface area contributed by atoms with Gasteiger partial charge in [0.25, 0.3) is 0 Å². The van der Waals surface area contributed by atoms with Gasteiger partial charge in [-0.2, -0.15) is 0 Å². The van der Waals surface area contributed by atoms with Crippen LogP contribution in [0, 0.1) is 0 Å². The second kappa shape index (κ2) is 10.4. The van der Waals surface area contributed by atoms with Gasteiger partial charge < -0.3 is 14.5 Å². The molecule has 0 saturated heterocycles. The minimum Gasteiger partial charge on any atom is -0.494 e. The lowest BCUT2D eigenvalue weighted by atomic mass is 9.92. The maximum atomic E-state index is 13.4. The first kappa shape index (κ1) is 23.9. The summed E-state index contributed by atoms with van der Waals surface area (Å²) in [5.74, 6) is 1.75. The van der Waals surface area contributed by atoms with Gasteiger partial charge in [-0.25, -0.2) is 4.79 Å². The van der Waals surface area contributed by atoms with Gasteiger partial charge in [-0.3, -0.25) is 4.90 Å². The van der Waals surface area contributed by atoms with Gasteiger partial charge in [0.1, 0.15) is 17.5 Å². The molecule has 1 N–H and O–H groups in total. The number of carbonyl (C=O) groups excluding carboxylic acids is 1. The topological polar surface area (TPSA) is 54.6 Å². The monoisotopic (exact) mass is 528 g/mol. The Labute approximate surface area is 218 Å². The molecule has 1 aliphatic heterocycles. The quantitative estimate of drug-likeness (QED) is 0.206. The van der Waals surface area contributed by atoms with E-state index in [2.05, 4.69) is 4.98 Å². The molecule has 0 radical (unpaired) electrons. The molecular formula is C27H23Cl3N2O3. The standard InChI is InChI=1S/C27H23Cl3N2O3/c28-13-1-15-34-20-7-2-17(3-8-20)26-25-22(23-16-19(30)6-11-24(23)31-25)12-14-32(26)27(33)35-21-9-4-18(29)5-10-21/h2-11,16,26,31H,1,12-15H2/t26-/m0/s1. The van der Waals surface area contributed by atoms with Crippen molar-refractivity contribution in [3.63, 3.8) is 0 Å². The van der Waals surface area contributed by atoms with Crippen LogP contribution < -0.4 is 9.47 Å². The summed E-state index contributed by atoms with van der Waals surface area (Å²) < 4.78 is 11.5. The fourth-order valence-electron chi connectivity index (χ4n) is 4.46. The number of alkyl halides is 1. The molecule has 180 valence electrons. The maximum Gasteiger partial charge on any atom is 0.416 e. The van der Waals surface area contributed by atoms with Crippen molar-refractivity contribution in [2.75, 3.05) is 19.0 Å².